The number of likely N-dealkylation sites (tertiary alicyclic amines) is 1. The average Bonchev–Trinajstić information content (AvgIpc) is 3.59. The van der Waals surface area contributed by atoms with Crippen LogP contribution in [0.3, 0.4) is 0 Å². The van der Waals surface area contributed by atoms with E-state index < -0.39 is 0 Å². The van der Waals surface area contributed by atoms with Gasteiger partial charge in [0.25, 0.3) is 0 Å². The fraction of sp³-hybridized carbons (Fsp3) is 0.500. The van der Waals surface area contributed by atoms with Crippen LogP contribution in [0.25, 0.3) is 5.65 Å². The maximum atomic E-state index is 12.3. The predicted molar refractivity (Wildman–Crippen MR) is 150 cm³/mol. The number of carbonyl (C=O) groups excluding carboxylic acids is 1. The zero-order chi connectivity index (χ0) is 26.3. The molecule has 38 heavy (non-hydrogen) atoms. The van der Waals surface area contributed by atoms with Crippen LogP contribution in [0, 0.1) is 0 Å². The Morgan fingerprint density at radius 2 is 1.89 bits per heavy atom. The van der Waals surface area contributed by atoms with Gasteiger partial charge < -0.3 is 20.7 Å². The van der Waals surface area contributed by atoms with Gasteiger partial charge in [0.1, 0.15) is 0 Å². The summed E-state index contributed by atoms with van der Waals surface area (Å²) in [5, 5.41) is 14.4. The van der Waals surface area contributed by atoms with Crippen molar-refractivity contribution in [2.24, 2.45) is 0 Å². The second kappa shape index (κ2) is 12.4. The number of nitrogens with one attached hydrogen (secondary N) is 3. The summed E-state index contributed by atoms with van der Waals surface area (Å²) in [7, 11) is 0. The highest BCUT2D eigenvalue weighted by molar-refractivity contribution is 5.99. The number of anilines is 3. The minimum absolute atomic E-state index is 0.109. The van der Waals surface area contributed by atoms with E-state index in [1.165, 1.54) is 12.8 Å². The van der Waals surface area contributed by atoms with Gasteiger partial charge in [-0.25, -0.2) is 0 Å². The van der Waals surface area contributed by atoms with Crippen molar-refractivity contribution in [1.29, 1.82) is 0 Å². The van der Waals surface area contributed by atoms with Crippen LogP contribution in [0.2, 0.25) is 0 Å². The highest BCUT2D eigenvalue weighted by Crippen LogP contribution is 2.23. The molecule has 10 nitrogen and oxygen atoms in total. The fourth-order valence-electron chi connectivity index (χ4n) is 4.85. The SMILES string of the molecule is CC(C)c1cnn2c(NCc3ccc(NC(=O)C=CCN4CCCC4)cc3)nc(NC3CCOCC3)nc12. The first-order chi connectivity index (χ1) is 18.5. The van der Waals surface area contributed by atoms with Crippen LogP contribution in [0.15, 0.2) is 42.6 Å². The number of carbonyl (C=O) groups is 1. The van der Waals surface area contributed by atoms with Crippen LogP contribution in [0.4, 0.5) is 17.6 Å². The van der Waals surface area contributed by atoms with Crippen molar-refractivity contribution in [3.8, 4) is 0 Å². The normalized spacial score (nSPS) is 17.0. The summed E-state index contributed by atoms with van der Waals surface area (Å²) in [6.07, 6.45) is 9.80. The van der Waals surface area contributed by atoms with Crippen molar-refractivity contribution in [1.82, 2.24) is 24.5 Å². The molecule has 2 aliphatic rings. The smallest absolute Gasteiger partial charge is 0.248 e. The number of hydrogen-bond acceptors (Lipinski definition) is 8. The van der Waals surface area contributed by atoms with E-state index >= 15 is 0 Å². The average molecular weight is 519 g/mol. The van der Waals surface area contributed by atoms with Crippen molar-refractivity contribution in [3.05, 3.63) is 53.7 Å². The topological polar surface area (TPSA) is 109 Å². The third-order valence-corrected chi connectivity index (χ3v) is 7.08. The lowest BCUT2D eigenvalue weighted by Gasteiger charge is -2.23. The molecule has 10 heteroatoms. The first kappa shape index (κ1) is 26.1. The molecule has 4 heterocycles. The molecule has 2 fully saturated rings. The molecule has 2 saturated heterocycles. The lowest BCUT2D eigenvalue weighted by molar-refractivity contribution is -0.111. The minimum atomic E-state index is -0.109. The zero-order valence-corrected chi connectivity index (χ0v) is 22.3. The van der Waals surface area contributed by atoms with E-state index in [0.29, 0.717) is 30.4 Å². The Morgan fingerprint density at radius 1 is 1.13 bits per heavy atom. The summed E-state index contributed by atoms with van der Waals surface area (Å²) < 4.78 is 7.26. The molecule has 0 aliphatic carbocycles. The molecule has 1 amide bonds. The van der Waals surface area contributed by atoms with Gasteiger partial charge >= 0.3 is 0 Å². The molecule has 5 rings (SSSR count). The van der Waals surface area contributed by atoms with Crippen molar-refractivity contribution in [2.75, 3.05) is 48.8 Å². The lowest BCUT2D eigenvalue weighted by atomic mass is 10.1. The lowest BCUT2D eigenvalue weighted by Crippen LogP contribution is -2.29. The number of amides is 1. The summed E-state index contributed by atoms with van der Waals surface area (Å²) >= 11 is 0. The van der Waals surface area contributed by atoms with E-state index in [9.17, 15) is 4.79 Å². The Kier molecular flexibility index (Phi) is 8.50. The maximum Gasteiger partial charge on any atom is 0.248 e. The van der Waals surface area contributed by atoms with Crippen LogP contribution in [0.1, 0.15) is 56.6 Å². The monoisotopic (exact) mass is 518 g/mol. The molecule has 1 aromatic carbocycles. The number of benzene rings is 1. The van der Waals surface area contributed by atoms with Gasteiger partial charge in [0.2, 0.25) is 17.8 Å². The Bertz CT molecular complexity index is 1240. The quantitative estimate of drug-likeness (QED) is 0.345. The van der Waals surface area contributed by atoms with E-state index in [1.54, 1.807) is 10.6 Å². The highest BCUT2D eigenvalue weighted by Gasteiger charge is 2.19. The molecule has 2 aromatic heterocycles. The number of rotatable bonds is 10. The number of nitrogens with zero attached hydrogens (tertiary/aromatic N) is 5. The largest absolute Gasteiger partial charge is 0.381 e. The maximum absolute atomic E-state index is 12.3. The van der Waals surface area contributed by atoms with Crippen molar-refractivity contribution >= 4 is 29.1 Å². The number of aromatic nitrogens is 4. The van der Waals surface area contributed by atoms with Gasteiger partial charge in [-0.2, -0.15) is 19.6 Å². The minimum Gasteiger partial charge on any atom is -0.381 e. The van der Waals surface area contributed by atoms with Crippen LogP contribution >= 0.6 is 0 Å². The fourth-order valence-corrected chi connectivity index (χ4v) is 4.85. The van der Waals surface area contributed by atoms with Gasteiger partial charge in [-0.3, -0.25) is 9.69 Å². The van der Waals surface area contributed by atoms with Crippen LogP contribution < -0.4 is 16.0 Å². The number of ether oxygens (including phenoxy) is 1. The Labute approximate surface area is 223 Å². The van der Waals surface area contributed by atoms with Gasteiger partial charge in [-0.15, -0.1) is 0 Å². The molecule has 0 spiro atoms. The van der Waals surface area contributed by atoms with E-state index in [2.05, 4.69) is 39.8 Å². The standard InChI is InChI=1S/C28H38N8O2/c1-20(2)24-19-30-36-26(24)33-27(32-23-11-16-38-17-12-23)34-28(36)29-18-21-7-9-22(10-8-21)31-25(37)6-5-15-35-13-3-4-14-35/h5-10,19-20,23H,3-4,11-18H2,1-2H3,(H,31,37)(H2,29,32,33,34). The number of hydrogen-bond donors (Lipinski definition) is 3. The molecule has 3 N–H and O–H groups in total. The van der Waals surface area contributed by atoms with Crippen molar-refractivity contribution in [2.45, 2.75) is 58.0 Å². The summed E-state index contributed by atoms with van der Waals surface area (Å²) in [5.74, 6) is 1.42. The molecule has 0 radical (unpaired) electrons. The van der Waals surface area contributed by atoms with E-state index in [-0.39, 0.29) is 5.91 Å². The van der Waals surface area contributed by atoms with E-state index in [4.69, 9.17) is 14.7 Å². The number of fused-ring (bicyclic) bond motifs is 1. The van der Waals surface area contributed by atoms with Gasteiger partial charge in [0.05, 0.1) is 6.20 Å². The van der Waals surface area contributed by atoms with E-state index in [1.807, 2.05) is 36.5 Å². The zero-order valence-electron chi connectivity index (χ0n) is 22.3. The summed E-state index contributed by atoms with van der Waals surface area (Å²) in [4.78, 5) is 24.2. The summed E-state index contributed by atoms with van der Waals surface area (Å²) in [6, 6.07) is 8.13. The van der Waals surface area contributed by atoms with Crippen LogP contribution in [0.5, 0.6) is 0 Å². The van der Waals surface area contributed by atoms with Gasteiger partial charge in [0.15, 0.2) is 5.65 Å². The molecule has 0 unspecified atom stereocenters. The first-order valence-electron chi connectivity index (χ1n) is 13.7. The Morgan fingerprint density at radius 3 is 2.63 bits per heavy atom. The summed E-state index contributed by atoms with van der Waals surface area (Å²) in [5.41, 5.74) is 3.73. The van der Waals surface area contributed by atoms with Crippen molar-refractivity contribution in [3.63, 3.8) is 0 Å². The molecule has 3 aromatic rings. The van der Waals surface area contributed by atoms with E-state index in [0.717, 1.165) is 68.2 Å². The molecule has 2 aliphatic heterocycles. The molecule has 0 atom stereocenters. The molecule has 202 valence electrons. The summed E-state index contributed by atoms with van der Waals surface area (Å²) in [6.45, 7) is 9.41. The first-order valence-corrected chi connectivity index (χ1v) is 13.7. The molecular formula is C28H38N8O2. The molecular weight excluding hydrogens is 480 g/mol. The van der Waals surface area contributed by atoms with Crippen molar-refractivity contribution < 1.29 is 9.53 Å². The van der Waals surface area contributed by atoms with Crippen LogP contribution in [-0.4, -0.2) is 69.3 Å². The van der Waals surface area contributed by atoms with Gasteiger partial charge in [-0.1, -0.05) is 32.1 Å². The Balaban J connectivity index is 1.22. The molecule has 0 bridgehead atoms. The van der Waals surface area contributed by atoms with Crippen LogP contribution in [-0.2, 0) is 16.1 Å². The van der Waals surface area contributed by atoms with Gasteiger partial charge in [0, 0.05) is 49.7 Å². The second-order valence-corrected chi connectivity index (χ2v) is 10.3. The highest BCUT2D eigenvalue weighted by atomic mass is 16.5. The third kappa shape index (κ3) is 6.68. The molecule has 0 saturated carbocycles. The predicted octanol–water partition coefficient (Wildman–Crippen LogP) is 4.04. The second-order valence-electron chi connectivity index (χ2n) is 10.3. The Hall–Kier alpha value is -3.50. The van der Waals surface area contributed by atoms with Gasteiger partial charge in [-0.05, 0) is 62.4 Å². The third-order valence-electron chi connectivity index (χ3n) is 7.08.